The summed E-state index contributed by atoms with van der Waals surface area (Å²) in [4.78, 5) is 49.8. The van der Waals surface area contributed by atoms with Gasteiger partial charge in [-0.2, -0.15) is 0 Å². The number of hydrogen-bond donors (Lipinski definition) is 2. The maximum absolute atomic E-state index is 12.9. The Morgan fingerprint density at radius 3 is 1.85 bits per heavy atom. The van der Waals surface area contributed by atoms with Crippen LogP contribution >= 0.6 is 0 Å². The number of ether oxygens (including phenoxy) is 2. The SMILES string of the molecule is CC1C(C(=O)O)=C(C(=O)OCc2ccccc2)C=CC1(C(=O)O)C(=O)OCc1ccccc1. The monoisotopic (exact) mass is 450 g/mol. The van der Waals surface area contributed by atoms with Gasteiger partial charge in [-0.15, -0.1) is 0 Å². The third kappa shape index (κ3) is 4.85. The third-order valence-electron chi connectivity index (χ3n) is 5.49. The second kappa shape index (κ2) is 9.95. The molecule has 0 saturated heterocycles. The van der Waals surface area contributed by atoms with Gasteiger partial charge in [0.25, 0.3) is 0 Å². The minimum atomic E-state index is -2.31. The van der Waals surface area contributed by atoms with Gasteiger partial charge in [0, 0.05) is 5.92 Å². The van der Waals surface area contributed by atoms with Gasteiger partial charge >= 0.3 is 23.9 Å². The van der Waals surface area contributed by atoms with Crippen molar-refractivity contribution in [3.63, 3.8) is 0 Å². The van der Waals surface area contributed by atoms with E-state index in [4.69, 9.17) is 9.47 Å². The topological polar surface area (TPSA) is 127 Å². The van der Waals surface area contributed by atoms with E-state index in [2.05, 4.69) is 0 Å². The molecule has 2 unspecified atom stereocenters. The van der Waals surface area contributed by atoms with Crippen LogP contribution in [0.1, 0.15) is 18.1 Å². The highest BCUT2D eigenvalue weighted by Gasteiger charge is 2.55. The van der Waals surface area contributed by atoms with E-state index < -0.39 is 40.8 Å². The minimum absolute atomic E-state index is 0.0957. The van der Waals surface area contributed by atoms with Crippen molar-refractivity contribution in [2.45, 2.75) is 20.1 Å². The molecular formula is C25H22O8. The molecule has 0 amide bonds. The Morgan fingerprint density at radius 2 is 1.36 bits per heavy atom. The molecule has 170 valence electrons. The summed E-state index contributed by atoms with van der Waals surface area (Å²) in [5.74, 6) is -6.58. The Morgan fingerprint density at radius 1 is 0.848 bits per heavy atom. The normalized spacial score (nSPS) is 19.6. The van der Waals surface area contributed by atoms with Crippen LogP contribution in [-0.4, -0.2) is 34.1 Å². The summed E-state index contributed by atoms with van der Waals surface area (Å²) in [6.07, 6.45) is 2.01. The number of esters is 2. The van der Waals surface area contributed by atoms with Crippen molar-refractivity contribution in [3.8, 4) is 0 Å². The van der Waals surface area contributed by atoms with Gasteiger partial charge in [-0.05, 0) is 17.2 Å². The molecule has 0 bridgehead atoms. The average molecular weight is 450 g/mol. The molecule has 0 heterocycles. The van der Waals surface area contributed by atoms with Crippen LogP contribution in [0.3, 0.4) is 0 Å². The number of carbonyl (C=O) groups excluding carboxylic acids is 2. The van der Waals surface area contributed by atoms with Crippen LogP contribution in [0.4, 0.5) is 0 Å². The van der Waals surface area contributed by atoms with Gasteiger partial charge in [0.2, 0.25) is 0 Å². The summed E-state index contributed by atoms with van der Waals surface area (Å²) < 4.78 is 10.4. The lowest BCUT2D eigenvalue weighted by Gasteiger charge is -2.33. The number of carbonyl (C=O) groups is 4. The van der Waals surface area contributed by atoms with Gasteiger partial charge in [0.05, 0.1) is 11.1 Å². The molecule has 3 rings (SSSR count). The second-order valence-corrected chi connectivity index (χ2v) is 7.49. The van der Waals surface area contributed by atoms with Gasteiger partial charge in [0.1, 0.15) is 13.2 Å². The number of carboxylic acid groups (broad SMARTS) is 2. The number of aliphatic carboxylic acids is 2. The van der Waals surface area contributed by atoms with E-state index in [-0.39, 0.29) is 18.8 Å². The molecule has 8 heteroatoms. The van der Waals surface area contributed by atoms with Crippen molar-refractivity contribution in [1.29, 1.82) is 0 Å². The third-order valence-corrected chi connectivity index (χ3v) is 5.49. The first-order valence-corrected chi connectivity index (χ1v) is 10.1. The Labute approximate surface area is 189 Å². The zero-order valence-electron chi connectivity index (χ0n) is 17.8. The number of rotatable bonds is 8. The van der Waals surface area contributed by atoms with E-state index in [1.54, 1.807) is 60.7 Å². The summed E-state index contributed by atoms with van der Waals surface area (Å²) in [5, 5.41) is 19.7. The van der Waals surface area contributed by atoms with Gasteiger partial charge in [-0.25, -0.2) is 9.59 Å². The smallest absolute Gasteiger partial charge is 0.339 e. The van der Waals surface area contributed by atoms with Crippen LogP contribution in [0.5, 0.6) is 0 Å². The molecule has 0 saturated carbocycles. The molecule has 33 heavy (non-hydrogen) atoms. The summed E-state index contributed by atoms with van der Waals surface area (Å²) in [7, 11) is 0. The fourth-order valence-electron chi connectivity index (χ4n) is 3.62. The molecular weight excluding hydrogens is 428 g/mol. The van der Waals surface area contributed by atoms with Gasteiger partial charge in [-0.3, -0.25) is 9.59 Å². The Balaban J connectivity index is 1.86. The highest BCUT2D eigenvalue weighted by atomic mass is 16.5. The van der Waals surface area contributed by atoms with Crippen molar-refractivity contribution in [2.24, 2.45) is 11.3 Å². The molecule has 0 aliphatic heterocycles. The minimum Gasteiger partial charge on any atom is -0.480 e. The second-order valence-electron chi connectivity index (χ2n) is 7.49. The van der Waals surface area contributed by atoms with Crippen LogP contribution in [0, 0.1) is 11.3 Å². The quantitative estimate of drug-likeness (QED) is 0.464. The Bertz CT molecular complexity index is 1120. The summed E-state index contributed by atoms with van der Waals surface area (Å²) in [5.41, 5.74) is -1.84. The predicted molar refractivity (Wildman–Crippen MR) is 116 cm³/mol. The summed E-state index contributed by atoms with van der Waals surface area (Å²) in [6.45, 7) is 0.976. The maximum atomic E-state index is 12.9. The summed E-state index contributed by atoms with van der Waals surface area (Å²) in [6, 6.07) is 17.4. The molecule has 0 radical (unpaired) electrons. The van der Waals surface area contributed by atoms with E-state index in [1.165, 1.54) is 6.92 Å². The zero-order valence-corrected chi connectivity index (χ0v) is 17.8. The highest BCUT2D eigenvalue weighted by Crippen LogP contribution is 2.42. The van der Waals surface area contributed by atoms with E-state index >= 15 is 0 Å². The predicted octanol–water partition coefficient (Wildman–Crippen LogP) is 3.13. The lowest BCUT2D eigenvalue weighted by molar-refractivity contribution is -0.169. The fourth-order valence-corrected chi connectivity index (χ4v) is 3.62. The summed E-state index contributed by atoms with van der Waals surface area (Å²) >= 11 is 0. The molecule has 1 aliphatic carbocycles. The molecule has 2 atom stereocenters. The Kier molecular flexibility index (Phi) is 7.07. The van der Waals surface area contributed by atoms with Crippen molar-refractivity contribution in [1.82, 2.24) is 0 Å². The molecule has 8 nitrogen and oxygen atoms in total. The molecule has 0 aromatic heterocycles. The first kappa shape index (κ1) is 23.5. The van der Waals surface area contributed by atoms with E-state index in [1.807, 2.05) is 0 Å². The van der Waals surface area contributed by atoms with Gasteiger partial charge < -0.3 is 19.7 Å². The zero-order chi connectivity index (χ0) is 24.0. The van der Waals surface area contributed by atoms with E-state index in [9.17, 15) is 29.4 Å². The molecule has 2 aromatic carbocycles. The number of benzene rings is 2. The van der Waals surface area contributed by atoms with Crippen molar-refractivity contribution in [3.05, 3.63) is 95.1 Å². The first-order chi connectivity index (χ1) is 15.8. The lowest BCUT2D eigenvalue weighted by Crippen LogP contribution is -2.47. The van der Waals surface area contributed by atoms with Crippen LogP contribution in [0.15, 0.2) is 84.0 Å². The first-order valence-electron chi connectivity index (χ1n) is 10.1. The Hall–Kier alpha value is -4.20. The van der Waals surface area contributed by atoms with Crippen molar-refractivity contribution < 1.29 is 38.9 Å². The molecule has 0 fully saturated rings. The van der Waals surface area contributed by atoms with Crippen LogP contribution < -0.4 is 0 Å². The molecule has 2 aromatic rings. The average Bonchev–Trinajstić information content (AvgIpc) is 2.81. The van der Waals surface area contributed by atoms with Crippen LogP contribution in [0.2, 0.25) is 0 Å². The maximum Gasteiger partial charge on any atom is 0.339 e. The number of carboxylic acids is 2. The molecule has 1 aliphatic rings. The van der Waals surface area contributed by atoms with Crippen LogP contribution in [-0.2, 0) is 41.9 Å². The molecule has 0 spiro atoms. The van der Waals surface area contributed by atoms with E-state index in [0.717, 1.165) is 12.2 Å². The van der Waals surface area contributed by atoms with Gasteiger partial charge in [-0.1, -0.05) is 73.7 Å². The standard InChI is InChI=1S/C25H22O8/c1-16-20(21(26)27)19(22(28)32-14-17-8-4-2-5-9-17)12-13-25(16,23(29)30)24(31)33-15-18-10-6-3-7-11-18/h2-13,16H,14-15H2,1H3,(H,26,27)(H,29,30). The lowest BCUT2D eigenvalue weighted by atomic mass is 9.68. The fraction of sp³-hybridized carbons (Fsp3) is 0.200. The largest absolute Gasteiger partial charge is 0.480 e. The van der Waals surface area contributed by atoms with Crippen LogP contribution in [0.25, 0.3) is 0 Å². The highest BCUT2D eigenvalue weighted by molar-refractivity contribution is 6.09. The molecule has 2 N–H and O–H groups in total. The van der Waals surface area contributed by atoms with Crippen molar-refractivity contribution >= 4 is 23.9 Å². The number of hydrogen-bond acceptors (Lipinski definition) is 6. The van der Waals surface area contributed by atoms with Crippen molar-refractivity contribution in [2.75, 3.05) is 0 Å². The van der Waals surface area contributed by atoms with Gasteiger partial charge in [0.15, 0.2) is 5.41 Å². The van der Waals surface area contributed by atoms with E-state index in [0.29, 0.717) is 11.1 Å².